The minimum Gasteiger partial charge on any atom is -0.300 e. The summed E-state index contributed by atoms with van der Waals surface area (Å²) in [7, 11) is 0. The Labute approximate surface area is 132 Å². The first-order valence-electron chi connectivity index (χ1n) is 6.88. The van der Waals surface area contributed by atoms with Crippen molar-refractivity contribution in [2.45, 2.75) is 52.7 Å². The Bertz CT molecular complexity index is 560. The lowest BCUT2D eigenvalue weighted by molar-refractivity contribution is 0.389. The van der Waals surface area contributed by atoms with E-state index in [2.05, 4.69) is 63.7 Å². The number of aromatic nitrogens is 3. The van der Waals surface area contributed by atoms with Crippen LogP contribution in [0, 0.1) is 0 Å². The fourth-order valence-electron chi connectivity index (χ4n) is 2.10. The summed E-state index contributed by atoms with van der Waals surface area (Å²) in [5, 5.41) is 11.3. The number of halogens is 1. The van der Waals surface area contributed by atoms with Crippen LogP contribution >= 0.6 is 27.3 Å². The first-order chi connectivity index (χ1) is 9.49. The molecule has 0 aliphatic heterocycles. The molecule has 0 aliphatic carbocycles. The van der Waals surface area contributed by atoms with E-state index in [1.807, 2.05) is 11.6 Å². The summed E-state index contributed by atoms with van der Waals surface area (Å²) in [6.07, 6.45) is 2.79. The SMILES string of the molecule is CCc1nn(CC)c(CNC(C)(C)c2nccs2)c1Br. The van der Waals surface area contributed by atoms with Gasteiger partial charge in [-0.3, -0.25) is 4.68 Å². The van der Waals surface area contributed by atoms with E-state index in [0.717, 1.165) is 34.7 Å². The van der Waals surface area contributed by atoms with Crippen molar-refractivity contribution in [1.82, 2.24) is 20.1 Å². The summed E-state index contributed by atoms with van der Waals surface area (Å²) in [5.74, 6) is 0. The van der Waals surface area contributed by atoms with E-state index >= 15 is 0 Å². The van der Waals surface area contributed by atoms with Crippen LogP contribution in [0.3, 0.4) is 0 Å². The molecule has 2 heterocycles. The standard InChI is InChI=1S/C14H21BrN4S/c1-5-10-12(15)11(19(6-2)18-10)9-17-14(3,4)13-16-7-8-20-13/h7-8,17H,5-6,9H2,1-4H3. The predicted molar refractivity (Wildman–Crippen MR) is 87.0 cm³/mol. The summed E-state index contributed by atoms with van der Waals surface area (Å²) >= 11 is 5.36. The Morgan fingerprint density at radius 1 is 1.40 bits per heavy atom. The second-order valence-electron chi connectivity index (χ2n) is 5.19. The number of nitrogens with zero attached hydrogens (tertiary/aromatic N) is 3. The fourth-order valence-corrected chi connectivity index (χ4v) is 3.54. The molecule has 2 rings (SSSR count). The predicted octanol–water partition coefficient (Wildman–Crippen LogP) is 3.71. The Balaban J connectivity index is 2.17. The maximum atomic E-state index is 4.63. The molecule has 0 bridgehead atoms. The van der Waals surface area contributed by atoms with Crippen molar-refractivity contribution in [3.63, 3.8) is 0 Å². The zero-order valence-corrected chi connectivity index (χ0v) is 14.8. The molecule has 2 aromatic heterocycles. The van der Waals surface area contributed by atoms with Gasteiger partial charge in [0.15, 0.2) is 0 Å². The third-order valence-electron chi connectivity index (χ3n) is 3.36. The van der Waals surface area contributed by atoms with E-state index in [9.17, 15) is 0 Å². The average molecular weight is 357 g/mol. The van der Waals surface area contributed by atoms with Crippen LogP contribution in [0.15, 0.2) is 16.0 Å². The van der Waals surface area contributed by atoms with Crippen molar-refractivity contribution in [2.24, 2.45) is 0 Å². The summed E-state index contributed by atoms with van der Waals surface area (Å²) in [6, 6.07) is 0. The molecule has 20 heavy (non-hydrogen) atoms. The van der Waals surface area contributed by atoms with Crippen molar-refractivity contribution in [3.8, 4) is 0 Å². The van der Waals surface area contributed by atoms with E-state index in [1.54, 1.807) is 11.3 Å². The maximum absolute atomic E-state index is 4.63. The molecule has 110 valence electrons. The number of thiazole rings is 1. The van der Waals surface area contributed by atoms with Crippen LogP contribution in [0.1, 0.15) is 44.1 Å². The Hall–Kier alpha value is -0.720. The lowest BCUT2D eigenvalue weighted by Crippen LogP contribution is -2.36. The van der Waals surface area contributed by atoms with E-state index in [-0.39, 0.29) is 5.54 Å². The number of rotatable bonds is 6. The van der Waals surface area contributed by atoms with Crippen LogP contribution in [0.2, 0.25) is 0 Å². The van der Waals surface area contributed by atoms with E-state index in [1.165, 1.54) is 5.69 Å². The van der Waals surface area contributed by atoms with Gasteiger partial charge in [-0.15, -0.1) is 11.3 Å². The first-order valence-corrected chi connectivity index (χ1v) is 8.55. The summed E-state index contributed by atoms with van der Waals surface area (Å²) in [6.45, 7) is 10.2. The molecule has 0 unspecified atom stereocenters. The molecular weight excluding hydrogens is 336 g/mol. The lowest BCUT2D eigenvalue weighted by Gasteiger charge is -2.24. The molecule has 6 heteroatoms. The molecule has 0 amide bonds. The van der Waals surface area contributed by atoms with Crippen LogP contribution in [-0.4, -0.2) is 14.8 Å². The highest BCUT2D eigenvalue weighted by atomic mass is 79.9. The van der Waals surface area contributed by atoms with Crippen molar-refractivity contribution in [1.29, 1.82) is 0 Å². The molecule has 0 fully saturated rings. The van der Waals surface area contributed by atoms with Crippen LogP contribution in [0.25, 0.3) is 0 Å². The molecule has 0 atom stereocenters. The van der Waals surface area contributed by atoms with Gasteiger partial charge in [-0.05, 0) is 43.1 Å². The zero-order chi connectivity index (χ0) is 14.8. The van der Waals surface area contributed by atoms with E-state index < -0.39 is 0 Å². The second-order valence-corrected chi connectivity index (χ2v) is 6.88. The highest BCUT2D eigenvalue weighted by molar-refractivity contribution is 9.10. The van der Waals surface area contributed by atoms with Crippen molar-refractivity contribution < 1.29 is 0 Å². The third kappa shape index (κ3) is 3.13. The molecule has 0 aliphatic rings. The highest BCUT2D eigenvalue weighted by Crippen LogP contribution is 2.26. The molecule has 2 aromatic rings. The normalized spacial score (nSPS) is 12.1. The Kier molecular flexibility index (Phi) is 4.99. The molecule has 0 saturated carbocycles. The molecule has 1 N–H and O–H groups in total. The second kappa shape index (κ2) is 6.37. The molecule has 0 spiro atoms. The molecule has 0 saturated heterocycles. The van der Waals surface area contributed by atoms with E-state index in [0.29, 0.717) is 0 Å². The Morgan fingerprint density at radius 2 is 2.15 bits per heavy atom. The maximum Gasteiger partial charge on any atom is 0.112 e. The first kappa shape index (κ1) is 15.7. The van der Waals surface area contributed by atoms with Crippen molar-refractivity contribution >= 4 is 27.3 Å². The number of hydrogen-bond donors (Lipinski definition) is 1. The van der Waals surface area contributed by atoms with Gasteiger partial charge in [0.2, 0.25) is 0 Å². The topological polar surface area (TPSA) is 42.7 Å². The summed E-state index contributed by atoms with van der Waals surface area (Å²) in [4.78, 5) is 4.41. The fraction of sp³-hybridized carbons (Fsp3) is 0.571. The minimum absolute atomic E-state index is 0.136. The average Bonchev–Trinajstić information content (AvgIpc) is 3.04. The van der Waals surface area contributed by atoms with Gasteiger partial charge in [-0.2, -0.15) is 5.10 Å². The zero-order valence-electron chi connectivity index (χ0n) is 12.4. The van der Waals surface area contributed by atoms with Gasteiger partial charge >= 0.3 is 0 Å². The monoisotopic (exact) mass is 356 g/mol. The number of hydrogen-bond acceptors (Lipinski definition) is 4. The minimum atomic E-state index is -0.136. The van der Waals surface area contributed by atoms with Crippen LogP contribution in [0.4, 0.5) is 0 Å². The van der Waals surface area contributed by atoms with Gasteiger partial charge in [0, 0.05) is 24.7 Å². The largest absolute Gasteiger partial charge is 0.300 e. The van der Waals surface area contributed by atoms with Crippen molar-refractivity contribution in [2.75, 3.05) is 0 Å². The number of aryl methyl sites for hydroxylation is 2. The molecule has 4 nitrogen and oxygen atoms in total. The van der Waals surface area contributed by atoms with Crippen LogP contribution in [0.5, 0.6) is 0 Å². The van der Waals surface area contributed by atoms with Crippen LogP contribution < -0.4 is 5.32 Å². The van der Waals surface area contributed by atoms with Gasteiger partial charge in [-0.1, -0.05) is 6.92 Å². The number of nitrogens with one attached hydrogen (secondary N) is 1. The summed E-state index contributed by atoms with van der Waals surface area (Å²) in [5.41, 5.74) is 2.19. The summed E-state index contributed by atoms with van der Waals surface area (Å²) < 4.78 is 3.19. The lowest BCUT2D eigenvalue weighted by atomic mass is 10.1. The van der Waals surface area contributed by atoms with Crippen molar-refractivity contribution in [3.05, 3.63) is 32.4 Å². The molecular formula is C14H21BrN4S. The van der Waals surface area contributed by atoms with Gasteiger partial charge < -0.3 is 5.32 Å². The third-order valence-corrected chi connectivity index (χ3v) is 5.37. The van der Waals surface area contributed by atoms with Gasteiger partial charge in [0.25, 0.3) is 0 Å². The smallest absolute Gasteiger partial charge is 0.112 e. The highest BCUT2D eigenvalue weighted by Gasteiger charge is 2.24. The molecule has 0 radical (unpaired) electrons. The molecule has 0 aromatic carbocycles. The van der Waals surface area contributed by atoms with Gasteiger partial charge in [0.1, 0.15) is 5.01 Å². The van der Waals surface area contributed by atoms with Crippen LogP contribution in [-0.2, 0) is 25.0 Å². The van der Waals surface area contributed by atoms with Gasteiger partial charge in [-0.25, -0.2) is 4.98 Å². The van der Waals surface area contributed by atoms with Gasteiger partial charge in [0.05, 0.1) is 21.4 Å². The quantitative estimate of drug-likeness (QED) is 0.857. The van der Waals surface area contributed by atoms with E-state index in [4.69, 9.17) is 0 Å². The Morgan fingerprint density at radius 3 is 2.70 bits per heavy atom.